The minimum absolute atomic E-state index is 0.579. The molecule has 0 saturated carbocycles. The van der Waals surface area contributed by atoms with Crippen LogP contribution in [0.1, 0.15) is 0 Å². The topological polar surface area (TPSA) is 48.5 Å². The van der Waals surface area contributed by atoms with E-state index in [4.69, 9.17) is 15.0 Å². The first-order chi connectivity index (χ1) is 29.4. The largest absolute Gasteiger partial charge is 0.310 e. The molecule has 0 saturated heterocycles. The number of hydrogen-bond acceptors (Lipinski definition) is 3. The van der Waals surface area contributed by atoms with Gasteiger partial charge in [0.05, 0.1) is 16.6 Å². The van der Waals surface area contributed by atoms with Crippen LogP contribution in [0.5, 0.6) is 0 Å². The van der Waals surface area contributed by atoms with Crippen molar-refractivity contribution in [2.24, 2.45) is 0 Å². The van der Waals surface area contributed by atoms with Crippen LogP contribution in [0.25, 0.3) is 100 Å². The highest BCUT2D eigenvalue weighted by Gasteiger charge is 2.23. The molecular formula is C51H37B4N5. The van der Waals surface area contributed by atoms with Crippen molar-refractivity contribution in [3.05, 3.63) is 176 Å². The molecule has 0 fully saturated rings. The minimum atomic E-state index is 0.579. The average Bonchev–Trinajstić information content (AvgIpc) is 3.78. The van der Waals surface area contributed by atoms with Crippen molar-refractivity contribution in [2.45, 2.75) is 0 Å². The van der Waals surface area contributed by atoms with E-state index < -0.39 is 0 Å². The zero-order valence-electron chi connectivity index (χ0n) is 34.0. The van der Waals surface area contributed by atoms with Crippen molar-refractivity contribution >= 4 is 96.8 Å². The standard InChI is InChI=1S/C51H37B4N5/c52-36-24-41-39-29-46-40(28-45(39)59(47(41)43(54)26-36)38-20-8-3-9-21-38)42-25-37(53)27-44(55)48(42)60(46)51-57-49(34-18-10-16-32(22-34)30-12-4-1-5-13-30)56-50(58-51)35-19-11-17-33(23-35)31-14-6-2-7-15-31/h1-29H,52-55H2. The van der Waals surface area contributed by atoms with E-state index in [0.29, 0.717) is 17.6 Å². The SMILES string of the molecule is Bc1cc(B)c2c(c1)c1cc3c(cc1n2-c1ccccc1)c1cc(B)cc(B)c1n3-c1nc(-c2cccc(-c3ccccc3)c2)nc(-c2cccc(-c3ccccc3)c2)n1. The van der Waals surface area contributed by atoms with Gasteiger partial charge in [-0.2, -0.15) is 9.97 Å². The molecule has 0 aliphatic heterocycles. The lowest BCUT2D eigenvalue weighted by atomic mass is 9.85. The third-order valence-electron chi connectivity index (χ3n) is 11.8. The molecule has 0 aliphatic carbocycles. The smallest absolute Gasteiger partial charge is 0.238 e. The summed E-state index contributed by atoms with van der Waals surface area (Å²) in [6.45, 7) is 0. The summed E-state index contributed by atoms with van der Waals surface area (Å²) in [6, 6.07) is 62.7. The molecule has 5 nitrogen and oxygen atoms in total. The maximum Gasteiger partial charge on any atom is 0.238 e. The van der Waals surface area contributed by atoms with Crippen LogP contribution in [-0.2, 0) is 0 Å². The first-order valence-electron chi connectivity index (χ1n) is 20.5. The Kier molecular flexibility index (Phi) is 8.45. The lowest BCUT2D eigenvalue weighted by Gasteiger charge is -2.13. The molecule has 60 heavy (non-hydrogen) atoms. The average molecular weight is 763 g/mol. The van der Waals surface area contributed by atoms with Crippen LogP contribution in [0.4, 0.5) is 0 Å². The summed E-state index contributed by atoms with van der Waals surface area (Å²) >= 11 is 0. The Bertz CT molecular complexity index is 3370. The molecule has 11 aromatic rings. The molecule has 0 radical (unpaired) electrons. The molecule has 0 N–H and O–H groups in total. The van der Waals surface area contributed by atoms with E-state index in [1.165, 1.54) is 43.6 Å². The molecule has 11 rings (SSSR count). The van der Waals surface area contributed by atoms with E-state index in [0.717, 1.165) is 61.0 Å². The predicted octanol–water partition coefficient (Wildman–Crippen LogP) is 5.77. The number of fused-ring (bicyclic) bond motifs is 6. The number of hydrogen-bond donors (Lipinski definition) is 0. The fourth-order valence-electron chi connectivity index (χ4n) is 9.26. The van der Waals surface area contributed by atoms with E-state index in [1.54, 1.807) is 0 Å². The maximum absolute atomic E-state index is 5.41. The van der Waals surface area contributed by atoms with Crippen molar-refractivity contribution in [1.29, 1.82) is 0 Å². The van der Waals surface area contributed by atoms with Gasteiger partial charge in [0.25, 0.3) is 0 Å². The first-order valence-corrected chi connectivity index (χ1v) is 20.5. The van der Waals surface area contributed by atoms with Crippen LogP contribution >= 0.6 is 0 Å². The van der Waals surface area contributed by atoms with E-state index in [1.807, 2.05) is 12.1 Å². The predicted molar refractivity (Wildman–Crippen MR) is 263 cm³/mol. The van der Waals surface area contributed by atoms with Gasteiger partial charge in [0, 0.05) is 43.9 Å². The zero-order valence-corrected chi connectivity index (χ0v) is 34.0. The van der Waals surface area contributed by atoms with Crippen LogP contribution in [0.3, 0.4) is 0 Å². The molecule has 3 aromatic heterocycles. The fourth-order valence-corrected chi connectivity index (χ4v) is 9.26. The molecule has 278 valence electrons. The van der Waals surface area contributed by atoms with Crippen LogP contribution < -0.4 is 21.9 Å². The van der Waals surface area contributed by atoms with Crippen LogP contribution in [0, 0.1) is 0 Å². The molecule has 0 amide bonds. The van der Waals surface area contributed by atoms with Crippen molar-refractivity contribution in [3.8, 4) is 56.7 Å². The second kappa shape index (κ2) is 14.2. The van der Waals surface area contributed by atoms with Crippen molar-refractivity contribution < 1.29 is 0 Å². The highest BCUT2D eigenvalue weighted by Crippen LogP contribution is 2.39. The molecule has 0 atom stereocenters. The Morgan fingerprint density at radius 3 is 1.25 bits per heavy atom. The highest BCUT2D eigenvalue weighted by atomic mass is 15.2. The third-order valence-corrected chi connectivity index (χ3v) is 11.8. The number of benzene rings is 8. The van der Waals surface area contributed by atoms with Gasteiger partial charge in [-0.05, 0) is 58.7 Å². The zero-order chi connectivity index (χ0) is 40.5. The summed E-state index contributed by atoms with van der Waals surface area (Å²) in [5.41, 5.74) is 16.9. The van der Waals surface area contributed by atoms with Crippen LogP contribution in [0.15, 0.2) is 176 Å². The van der Waals surface area contributed by atoms with Crippen LogP contribution in [0.2, 0.25) is 0 Å². The monoisotopic (exact) mass is 763 g/mol. The molecule has 0 bridgehead atoms. The summed E-state index contributed by atoms with van der Waals surface area (Å²) < 4.78 is 4.72. The first kappa shape index (κ1) is 35.8. The van der Waals surface area contributed by atoms with E-state index >= 15 is 0 Å². The van der Waals surface area contributed by atoms with Gasteiger partial charge >= 0.3 is 0 Å². The minimum Gasteiger partial charge on any atom is -0.310 e. The van der Waals surface area contributed by atoms with Crippen molar-refractivity contribution in [3.63, 3.8) is 0 Å². The van der Waals surface area contributed by atoms with Crippen LogP contribution in [-0.4, -0.2) is 55.5 Å². The maximum atomic E-state index is 5.41. The second-order valence-corrected chi connectivity index (χ2v) is 16.0. The van der Waals surface area contributed by atoms with E-state index in [2.05, 4.69) is 204 Å². The third kappa shape index (κ3) is 5.96. The fraction of sp³-hybridized carbons (Fsp3) is 0. The molecule has 8 aromatic carbocycles. The van der Waals surface area contributed by atoms with E-state index in [-0.39, 0.29) is 0 Å². The summed E-state index contributed by atoms with van der Waals surface area (Å²) in [7, 11) is 8.79. The Morgan fingerprint density at radius 2 is 0.750 bits per heavy atom. The summed E-state index contributed by atoms with van der Waals surface area (Å²) in [6.07, 6.45) is 0. The van der Waals surface area contributed by atoms with Gasteiger partial charge in [-0.1, -0.05) is 161 Å². The van der Waals surface area contributed by atoms with Gasteiger partial charge in [-0.3, -0.25) is 4.57 Å². The number of aromatic nitrogens is 5. The number of para-hydroxylation sites is 1. The van der Waals surface area contributed by atoms with Gasteiger partial charge in [0.15, 0.2) is 11.6 Å². The quantitative estimate of drug-likeness (QED) is 0.203. The lowest BCUT2D eigenvalue weighted by molar-refractivity contribution is 0.955. The van der Waals surface area contributed by atoms with Gasteiger partial charge in [-0.15, -0.1) is 0 Å². The van der Waals surface area contributed by atoms with Crippen molar-refractivity contribution in [2.75, 3.05) is 0 Å². The Hall–Kier alpha value is -7.37. The van der Waals surface area contributed by atoms with Gasteiger partial charge in [0.1, 0.15) is 31.4 Å². The molecule has 0 spiro atoms. The second-order valence-electron chi connectivity index (χ2n) is 16.0. The number of nitrogens with zero attached hydrogens (tertiary/aromatic N) is 5. The number of rotatable bonds is 6. The molecule has 0 unspecified atom stereocenters. The van der Waals surface area contributed by atoms with Gasteiger partial charge in [0.2, 0.25) is 5.95 Å². The van der Waals surface area contributed by atoms with E-state index in [9.17, 15) is 0 Å². The van der Waals surface area contributed by atoms with Gasteiger partial charge < -0.3 is 4.57 Å². The molecule has 0 aliphatic rings. The Balaban J connectivity index is 1.23. The lowest BCUT2D eigenvalue weighted by Crippen LogP contribution is -2.17. The Labute approximate surface area is 352 Å². The Morgan fingerprint density at radius 1 is 0.333 bits per heavy atom. The molecule has 3 heterocycles. The summed E-state index contributed by atoms with van der Waals surface area (Å²) in [5, 5.41) is 4.74. The highest BCUT2D eigenvalue weighted by molar-refractivity contribution is 6.45. The van der Waals surface area contributed by atoms with Gasteiger partial charge in [-0.25, -0.2) is 4.98 Å². The van der Waals surface area contributed by atoms with Crippen molar-refractivity contribution in [1.82, 2.24) is 24.1 Å². The summed E-state index contributed by atoms with van der Waals surface area (Å²) in [4.78, 5) is 16.1. The molecule has 9 heteroatoms. The molecular weight excluding hydrogens is 726 g/mol. The summed E-state index contributed by atoms with van der Waals surface area (Å²) in [5.74, 6) is 1.81. The normalized spacial score (nSPS) is 11.6.